The Morgan fingerprint density at radius 2 is 2.22 bits per heavy atom. The van der Waals surface area contributed by atoms with Crippen LogP contribution in [0.15, 0.2) is 18.3 Å². The van der Waals surface area contributed by atoms with Crippen molar-refractivity contribution in [2.45, 2.75) is 58.4 Å². The normalized spacial score (nSPS) is 20.8. The van der Waals surface area contributed by atoms with Crippen LogP contribution >= 0.6 is 0 Å². The summed E-state index contributed by atoms with van der Waals surface area (Å²) in [7, 11) is 0. The van der Waals surface area contributed by atoms with E-state index in [1.165, 1.54) is 36.9 Å². The lowest BCUT2D eigenvalue weighted by molar-refractivity contribution is 0.389. The maximum Gasteiger partial charge on any atom is 0.0466 e. The van der Waals surface area contributed by atoms with E-state index >= 15 is 0 Å². The topological polar surface area (TPSA) is 24.9 Å². The van der Waals surface area contributed by atoms with Gasteiger partial charge in [-0.25, -0.2) is 0 Å². The van der Waals surface area contributed by atoms with Gasteiger partial charge in [-0.15, -0.1) is 0 Å². The summed E-state index contributed by atoms with van der Waals surface area (Å²) in [5.41, 5.74) is 2.86. The Kier molecular flexibility index (Phi) is 4.76. The predicted molar refractivity (Wildman–Crippen MR) is 76.8 cm³/mol. The van der Waals surface area contributed by atoms with Crippen molar-refractivity contribution in [2.24, 2.45) is 5.92 Å². The van der Waals surface area contributed by atoms with E-state index in [4.69, 9.17) is 0 Å². The van der Waals surface area contributed by atoms with Crippen molar-refractivity contribution in [1.82, 2.24) is 10.3 Å². The van der Waals surface area contributed by atoms with E-state index in [2.05, 4.69) is 43.2 Å². The van der Waals surface area contributed by atoms with Crippen LogP contribution < -0.4 is 5.32 Å². The van der Waals surface area contributed by atoms with Crippen molar-refractivity contribution in [1.29, 1.82) is 0 Å². The summed E-state index contributed by atoms with van der Waals surface area (Å²) in [5.74, 6) is 1.41. The summed E-state index contributed by atoms with van der Waals surface area (Å²) in [6.45, 7) is 7.90. The molecule has 0 saturated carbocycles. The number of fused-ring (bicyclic) bond motifs is 1. The predicted octanol–water partition coefficient (Wildman–Crippen LogP) is 3.53. The van der Waals surface area contributed by atoms with Gasteiger partial charge in [0.05, 0.1) is 0 Å². The molecule has 0 fully saturated rings. The van der Waals surface area contributed by atoms with Crippen LogP contribution in [0.1, 0.15) is 57.2 Å². The lowest BCUT2D eigenvalue weighted by Crippen LogP contribution is -2.29. The zero-order valence-electron chi connectivity index (χ0n) is 11.9. The van der Waals surface area contributed by atoms with Crippen molar-refractivity contribution in [3.05, 3.63) is 29.6 Å². The van der Waals surface area contributed by atoms with Crippen molar-refractivity contribution in [3.8, 4) is 0 Å². The minimum Gasteiger partial charge on any atom is -0.314 e. The van der Waals surface area contributed by atoms with E-state index < -0.39 is 0 Å². The van der Waals surface area contributed by atoms with Crippen molar-refractivity contribution >= 4 is 0 Å². The molecule has 0 amide bonds. The standard InChI is InChI=1S/C16H26N2/c1-12(2)18-11-13(3)10-15-7-4-6-14-8-5-9-17-16(14)15/h5,8-9,12-13,15,18H,4,6-7,10-11H2,1-3H3. The highest BCUT2D eigenvalue weighted by Crippen LogP contribution is 2.34. The first-order valence-electron chi connectivity index (χ1n) is 7.34. The van der Waals surface area contributed by atoms with Crippen LogP contribution in [0.2, 0.25) is 0 Å². The molecule has 2 heteroatoms. The highest BCUT2D eigenvalue weighted by atomic mass is 14.9. The molecule has 2 unspecified atom stereocenters. The smallest absolute Gasteiger partial charge is 0.0466 e. The molecule has 1 aliphatic rings. The fourth-order valence-electron chi connectivity index (χ4n) is 2.94. The van der Waals surface area contributed by atoms with Gasteiger partial charge in [0.15, 0.2) is 0 Å². The molecule has 1 N–H and O–H groups in total. The molecule has 100 valence electrons. The third-order valence-electron chi connectivity index (χ3n) is 3.87. The van der Waals surface area contributed by atoms with Gasteiger partial charge in [0.1, 0.15) is 0 Å². The van der Waals surface area contributed by atoms with Gasteiger partial charge >= 0.3 is 0 Å². The zero-order valence-corrected chi connectivity index (χ0v) is 11.9. The van der Waals surface area contributed by atoms with Gasteiger partial charge in [0, 0.05) is 23.9 Å². The Bertz CT molecular complexity index is 373. The molecule has 1 aromatic heterocycles. The fraction of sp³-hybridized carbons (Fsp3) is 0.688. The molecule has 0 aliphatic heterocycles. The molecule has 0 bridgehead atoms. The summed E-state index contributed by atoms with van der Waals surface area (Å²) < 4.78 is 0. The Morgan fingerprint density at radius 1 is 1.39 bits per heavy atom. The molecule has 2 nitrogen and oxygen atoms in total. The monoisotopic (exact) mass is 246 g/mol. The van der Waals surface area contributed by atoms with Gasteiger partial charge in [-0.05, 0) is 49.8 Å². The second-order valence-electron chi connectivity index (χ2n) is 6.04. The van der Waals surface area contributed by atoms with Crippen molar-refractivity contribution in [3.63, 3.8) is 0 Å². The summed E-state index contributed by atoms with van der Waals surface area (Å²) in [5, 5.41) is 3.54. The number of hydrogen-bond acceptors (Lipinski definition) is 2. The minimum absolute atomic E-state index is 0.587. The lowest BCUT2D eigenvalue weighted by atomic mass is 9.81. The maximum atomic E-state index is 4.63. The van der Waals surface area contributed by atoms with Gasteiger partial charge in [0.25, 0.3) is 0 Å². The largest absolute Gasteiger partial charge is 0.314 e. The molecule has 1 aromatic rings. The number of aryl methyl sites for hydroxylation is 1. The summed E-state index contributed by atoms with van der Waals surface area (Å²) in [6.07, 6.45) is 7.08. The molecule has 0 spiro atoms. The SMILES string of the molecule is CC(CNC(C)C)CC1CCCc2cccnc21. The van der Waals surface area contributed by atoms with Crippen molar-refractivity contribution in [2.75, 3.05) is 6.54 Å². The number of nitrogens with zero attached hydrogens (tertiary/aromatic N) is 1. The first kappa shape index (κ1) is 13.5. The lowest BCUT2D eigenvalue weighted by Gasteiger charge is -2.27. The highest BCUT2D eigenvalue weighted by Gasteiger charge is 2.22. The van der Waals surface area contributed by atoms with E-state index in [1.54, 1.807) is 0 Å². The Morgan fingerprint density at radius 3 is 3.00 bits per heavy atom. The molecule has 0 saturated heterocycles. The Hall–Kier alpha value is -0.890. The van der Waals surface area contributed by atoms with E-state index in [0.717, 1.165) is 12.5 Å². The number of nitrogens with one attached hydrogen (secondary N) is 1. The summed E-state index contributed by atoms with van der Waals surface area (Å²) in [4.78, 5) is 4.63. The van der Waals surface area contributed by atoms with E-state index in [1.807, 2.05) is 6.20 Å². The van der Waals surface area contributed by atoms with E-state index in [-0.39, 0.29) is 0 Å². The van der Waals surface area contributed by atoms with E-state index in [9.17, 15) is 0 Å². The van der Waals surface area contributed by atoms with Crippen LogP contribution in [-0.2, 0) is 6.42 Å². The molecule has 2 rings (SSSR count). The highest BCUT2D eigenvalue weighted by molar-refractivity contribution is 5.25. The fourth-order valence-corrected chi connectivity index (χ4v) is 2.94. The number of rotatable bonds is 5. The van der Waals surface area contributed by atoms with E-state index in [0.29, 0.717) is 12.0 Å². The molecule has 0 aromatic carbocycles. The van der Waals surface area contributed by atoms with Crippen LogP contribution in [0, 0.1) is 5.92 Å². The maximum absolute atomic E-state index is 4.63. The quantitative estimate of drug-likeness (QED) is 0.859. The summed E-state index contributed by atoms with van der Waals surface area (Å²) in [6, 6.07) is 4.92. The van der Waals surface area contributed by atoms with Crippen LogP contribution in [0.3, 0.4) is 0 Å². The number of hydrogen-bond donors (Lipinski definition) is 1. The first-order chi connectivity index (χ1) is 8.66. The Balaban J connectivity index is 1.94. The molecular formula is C16H26N2. The molecule has 1 heterocycles. The molecule has 2 atom stereocenters. The van der Waals surface area contributed by atoms with Crippen LogP contribution in [0.5, 0.6) is 0 Å². The first-order valence-corrected chi connectivity index (χ1v) is 7.34. The van der Waals surface area contributed by atoms with Gasteiger partial charge in [-0.2, -0.15) is 0 Å². The second kappa shape index (κ2) is 6.33. The van der Waals surface area contributed by atoms with Crippen LogP contribution in [0.4, 0.5) is 0 Å². The zero-order chi connectivity index (χ0) is 13.0. The molecule has 0 radical (unpaired) electrons. The minimum atomic E-state index is 0.587. The molecule has 18 heavy (non-hydrogen) atoms. The summed E-state index contributed by atoms with van der Waals surface area (Å²) >= 11 is 0. The van der Waals surface area contributed by atoms with Crippen LogP contribution in [0.25, 0.3) is 0 Å². The molecular weight excluding hydrogens is 220 g/mol. The van der Waals surface area contributed by atoms with Crippen LogP contribution in [-0.4, -0.2) is 17.6 Å². The average molecular weight is 246 g/mol. The Labute approximate surface area is 111 Å². The van der Waals surface area contributed by atoms with Gasteiger partial charge < -0.3 is 5.32 Å². The third kappa shape index (κ3) is 3.55. The van der Waals surface area contributed by atoms with Crippen molar-refractivity contribution < 1.29 is 0 Å². The van der Waals surface area contributed by atoms with Gasteiger partial charge in [0.2, 0.25) is 0 Å². The number of aromatic nitrogens is 1. The average Bonchev–Trinajstić information content (AvgIpc) is 2.37. The van der Waals surface area contributed by atoms with Gasteiger partial charge in [-0.3, -0.25) is 4.98 Å². The second-order valence-corrected chi connectivity index (χ2v) is 6.04. The van der Waals surface area contributed by atoms with Gasteiger partial charge in [-0.1, -0.05) is 26.8 Å². The number of pyridine rings is 1. The third-order valence-corrected chi connectivity index (χ3v) is 3.87. The molecule has 1 aliphatic carbocycles.